The molecule has 2 aliphatic rings. The zero-order valence-electron chi connectivity index (χ0n) is 11.2. The van der Waals surface area contributed by atoms with Crippen molar-refractivity contribution in [2.45, 2.75) is 39.2 Å². The predicted octanol–water partition coefficient (Wildman–Crippen LogP) is 0.638. The van der Waals surface area contributed by atoms with Crippen molar-refractivity contribution >= 4 is 12.0 Å². The standard InChI is InChI=1S/C12H21N3O3/c1-11(2,3)18-10(17)15-6-4-12(5-7-15)8-13-14-9(12)16/h13H,4-8H2,1-3H3,(H,14,16). The highest BCUT2D eigenvalue weighted by atomic mass is 16.6. The number of piperidine rings is 1. The molecule has 0 aromatic carbocycles. The molecule has 0 radical (unpaired) electrons. The third kappa shape index (κ3) is 2.58. The van der Waals surface area contributed by atoms with E-state index in [1.807, 2.05) is 20.8 Å². The Kier molecular flexibility index (Phi) is 3.23. The molecule has 0 bridgehead atoms. The Morgan fingerprint density at radius 1 is 1.33 bits per heavy atom. The van der Waals surface area contributed by atoms with Gasteiger partial charge in [0.05, 0.1) is 5.41 Å². The van der Waals surface area contributed by atoms with Crippen molar-refractivity contribution in [2.24, 2.45) is 5.41 Å². The highest BCUT2D eigenvalue weighted by Gasteiger charge is 2.45. The Bertz CT molecular complexity index is 354. The summed E-state index contributed by atoms with van der Waals surface area (Å²) in [7, 11) is 0. The van der Waals surface area contributed by atoms with E-state index in [-0.39, 0.29) is 17.4 Å². The van der Waals surface area contributed by atoms with E-state index in [2.05, 4.69) is 10.9 Å². The van der Waals surface area contributed by atoms with Crippen LogP contribution >= 0.6 is 0 Å². The van der Waals surface area contributed by atoms with E-state index >= 15 is 0 Å². The minimum atomic E-state index is -0.474. The maximum absolute atomic E-state index is 11.9. The van der Waals surface area contributed by atoms with E-state index in [9.17, 15) is 9.59 Å². The topological polar surface area (TPSA) is 70.7 Å². The first-order chi connectivity index (χ1) is 8.32. The van der Waals surface area contributed by atoms with E-state index in [4.69, 9.17) is 4.74 Å². The number of nitrogens with one attached hydrogen (secondary N) is 2. The predicted molar refractivity (Wildman–Crippen MR) is 65.6 cm³/mol. The molecule has 2 fully saturated rings. The molecule has 18 heavy (non-hydrogen) atoms. The molecule has 102 valence electrons. The summed E-state index contributed by atoms with van der Waals surface area (Å²) in [4.78, 5) is 25.3. The third-order valence-electron chi connectivity index (χ3n) is 3.48. The Hall–Kier alpha value is -1.30. The Morgan fingerprint density at radius 3 is 2.39 bits per heavy atom. The maximum atomic E-state index is 11.9. The number of hydrogen-bond acceptors (Lipinski definition) is 4. The van der Waals surface area contributed by atoms with Crippen molar-refractivity contribution in [3.8, 4) is 0 Å². The Morgan fingerprint density at radius 2 is 1.94 bits per heavy atom. The number of likely N-dealkylation sites (tertiary alicyclic amines) is 1. The van der Waals surface area contributed by atoms with E-state index in [0.29, 0.717) is 32.5 Å². The number of hydrazine groups is 1. The van der Waals surface area contributed by atoms with Crippen molar-refractivity contribution < 1.29 is 14.3 Å². The molecule has 2 rings (SSSR count). The number of hydrogen-bond donors (Lipinski definition) is 2. The van der Waals surface area contributed by atoms with Crippen molar-refractivity contribution in [3.63, 3.8) is 0 Å². The summed E-state index contributed by atoms with van der Waals surface area (Å²) >= 11 is 0. The van der Waals surface area contributed by atoms with E-state index in [1.54, 1.807) is 4.90 Å². The van der Waals surface area contributed by atoms with Crippen molar-refractivity contribution in [3.05, 3.63) is 0 Å². The number of ether oxygens (including phenoxy) is 1. The highest BCUT2D eigenvalue weighted by Crippen LogP contribution is 2.33. The summed E-state index contributed by atoms with van der Waals surface area (Å²) in [5, 5.41) is 0. The van der Waals surface area contributed by atoms with Crippen LogP contribution in [0.3, 0.4) is 0 Å². The molecule has 0 aliphatic carbocycles. The molecular formula is C12H21N3O3. The molecule has 1 spiro atoms. The zero-order valence-corrected chi connectivity index (χ0v) is 11.2. The zero-order chi connectivity index (χ0) is 13.4. The van der Waals surface area contributed by atoms with Gasteiger partial charge in [0.15, 0.2) is 0 Å². The molecule has 6 heteroatoms. The first-order valence-electron chi connectivity index (χ1n) is 6.34. The van der Waals surface area contributed by atoms with Crippen LogP contribution in [0, 0.1) is 5.41 Å². The van der Waals surface area contributed by atoms with Crippen LogP contribution in [-0.2, 0) is 9.53 Å². The van der Waals surface area contributed by atoms with Gasteiger partial charge in [-0.3, -0.25) is 10.2 Å². The van der Waals surface area contributed by atoms with Gasteiger partial charge in [0.25, 0.3) is 0 Å². The van der Waals surface area contributed by atoms with Gasteiger partial charge in [0.2, 0.25) is 5.91 Å². The average Bonchev–Trinajstić information content (AvgIpc) is 2.59. The second kappa shape index (κ2) is 4.42. The van der Waals surface area contributed by atoms with Crippen LogP contribution in [0.2, 0.25) is 0 Å². The maximum Gasteiger partial charge on any atom is 0.410 e. The van der Waals surface area contributed by atoms with Crippen LogP contribution in [0.1, 0.15) is 33.6 Å². The van der Waals surface area contributed by atoms with Crippen molar-refractivity contribution in [1.29, 1.82) is 0 Å². The normalized spacial score (nSPS) is 23.1. The van der Waals surface area contributed by atoms with E-state index < -0.39 is 5.60 Å². The minimum absolute atomic E-state index is 0.0475. The third-order valence-corrected chi connectivity index (χ3v) is 3.48. The first-order valence-corrected chi connectivity index (χ1v) is 6.34. The van der Waals surface area contributed by atoms with Gasteiger partial charge in [-0.1, -0.05) is 0 Å². The average molecular weight is 255 g/mol. The molecule has 2 N–H and O–H groups in total. The molecule has 0 atom stereocenters. The van der Waals surface area contributed by atoms with Gasteiger partial charge in [0, 0.05) is 19.6 Å². The highest BCUT2D eigenvalue weighted by molar-refractivity contribution is 5.84. The summed E-state index contributed by atoms with van der Waals surface area (Å²) in [5.74, 6) is 0.0475. The molecule has 2 heterocycles. The fraction of sp³-hybridized carbons (Fsp3) is 0.833. The summed E-state index contributed by atoms with van der Waals surface area (Å²) in [5.41, 5.74) is 4.71. The SMILES string of the molecule is CC(C)(C)OC(=O)N1CCC2(CC1)CNNC2=O. The lowest BCUT2D eigenvalue weighted by Crippen LogP contribution is -2.48. The lowest BCUT2D eigenvalue weighted by Gasteiger charge is -2.37. The molecule has 2 aliphatic heterocycles. The molecule has 2 amide bonds. The molecule has 2 saturated heterocycles. The van der Waals surface area contributed by atoms with Crippen LogP contribution in [0.5, 0.6) is 0 Å². The van der Waals surface area contributed by atoms with Gasteiger partial charge < -0.3 is 9.64 Å². The Labute approximate surface area is 107 Å². The molecule has 0 saturated carbocycles. The number of carbonyl (C=O) groups excluding carboxylic acids is 2. The van der Waals surface area contributed by atoms with Crippen molar-refractivity contribution in [1.82, 2.24) is 15.8 Å². The molecule has 0 unspecified atom stereocenters. The minimum Gasteiger partial charge on any atom is -0.444 e. The lowest BCUT2D eigenvalue weighted by molar-refractivity contribution is -0.129. The second-order valence-electron chi connectivity index (χ2n) is 6.06. The first kappa shape index (κ1) is 13.1. The van der Waals surface area contributed by atoms with Crippen LogP contribution < -0.4 is 10.9 Å². The smallest absolute Gasteiger partial charge is 0.410 e. The van der Waals surface area contributed by atoms with Gasteiger partial charge in [-0.25, -0.2) is 10.2 Å². The van der Waals surface area contributed by atoms with Crippen molar-refractivity contribution in [2.75, 3.05) is 19.6 Å². The number of amides is 2. The van der Waals surface area contributed by atoms with Crippen LogP contribution in [0.4, 0.5) is 4.79 Å². The number of carbonyl (C=O) groups is 2. The summed E-state index contributed by atoms with van der Waals surface area (Å²) in [6.07, 6.45) is 1.08. The lowest BCUT2D eigenvalue weighted by atomic mass is 9.79. The fourth-order valence-corrected chi connectivity index (χ4v) is 2.35. The molecule has 6 nitrogen and oxygen atoms in total. The monoisotopic (exact) mass is 255 g/mol. The van der Waals surface area contributed by atoms with E-state index in [1.165, 1.54) is 0 Å². The molecular weight excluding hydrogens is 234 g/mol. The second-order valence-corrected chi connectivity index (χ2v) is 6.06. The quantitative estimate of drug-likeness (QED) is 0.666. The summed E-state index contributed by atoms with van der Waals surface area (Å²) < 4.78 is 5.33. The fourth-order valence-electron chi connectivity index (χ4n) is 2.35. The van der Waals surface area contributed by atoms with Crippen LogP contribution in [0.25, 0.3) is 0 Å². The molecule has 0 aromatic rings. The van der Waals surface area contributed by atoms with Gasteiger partial charge in [-0.05, 0) is 33.6 Å². The summed E-state index contributed by atoms with van der Waals surface area (Å²) in [6, 6.07) is 0. The number of nitrogens with zero attached hydrogens (tertiary/aromatic N) is 1. The van der Waals surface area contributed by atoms with Gasteiger partial charge in [-0.2, -0.15) is 0 Å². The van der Waals surface area contributed by atoms with Gasteiger partial charge in [0.1, 0.15) is 5.60 Å². The molecule has 0 aromatic heterocycles. The summed E-state index contributed by atoms with van der Waals surface area (Å²) in [6.45, 7) is 7.35. The number of rotatable bonds is 0. The Balaban J connectivity index is 1.91. The van der Waals surface area contributed by atoms with Crippen LogP contribution in [-0.4, -0.2) is 42.1 Å². The van der Waals surface area contributed by atoms with Crippen LogP contribution in [0.15, 0.2) is 0 Å². The van der Waals surface area contributed by atoms with Gasteiger partial charge in [-0.15, -0.1) is 0 Å². The largest absolute Gasteiger partial charge is 0.444 e. The van der Waals surface area contributed by atoms with Gasteiger partial charge >= 0.3 is 6.09 Å². The van der Waals surface area contributed by atoms with E-state index in [0.717, 1.165) is 0 Å².